The summed E-state index contributed by atoms with van der Waals surface area (Å²) in [7, 11) is 0. The average Bonchev–Trinajstić information content (AvgIpc) is 1.94. The Balaban J connectivity index is 3.15. The zero-order chi connectivity index (χ0) is 8.43. The summed E-state index contributed by atoms with van der Waals surface area (Å²) >= 11 is 5.86. The van der Waals surface area contributed by atoms with Crippen molar-refractivity contribution in [3.8, 4) is 0 Å². The minimum absolute atomic E-state index is 0.815. The standard InChI is InChI=1S/C10H11Cl/c1-7(2)9-4-5-10(11)8(3)6-9/h4-6H,1H2,2-3H3. The monoisotopic (exact) mass is 166 g/mol. The van der Waals surface area contributed by atoms with Crippen LogP contribution in [0.1, 0.15) is 18.1 Å². The lowest BCUT2D eigenvalue weighted by atomic mass is 10.1. The third-order valence-electron chi connectivity index (χ3n) is 1.65. The summed E-state index contributed by atoms with van der Waals surface area (Å²) in [5.74, 6) is 0. The zero-order valence-electron chi connectivity index (χ0n) is 6.82. The fraction of sp³-hybridized carbons (Fsp3) is 0.200. The lowest BCUT2D eigenvalue weighted by molar-refractivity contribution is 1.44. The molecule has 0 aliphatic carbocycles. The van der Waals surface area contributed by atoms with Crippen molar-refractivity contribution in [2.75, 3.05) is 0 Å². The van der Waals surface area contributed by atoms with Crippen molar-refractivity contribution < 1.29 is 0 Å². The van der Waals surface area contributed by atoms with E-state index in [2.05, 4.69) is 6.58 Å². The highest BCUT2D eigenvalue weighted by Gasteiger charge is 1.96. The lowest BCUT2D eigenvalue weighted by Crippen LogP contribution is -1.80. The van der Waals surface area contributed by atoms with E-state index in [1.165, 1.54) is 0 Å². The number of allylic oxidation sites excluding steroid dienone is 1. The van der Waals surface area contributed by atoms with E-state index < -0.39 is 0 Å². The Morgan fingerprint density at radius 1 is 1.45 bits per heavy atom. The van der Waals surface area contributed by atoms with Crippen LogP contribution in [0.4, 0.5) is 0 Å². The van der Waals surface area contributed by atoms with E-state index in [1.54, 1.807) is 0 Å². The molecule has 0 unspecified atom stereocenters. The van der Waals surface area contributed by atoms with Gasteiger partial charge in [-0.3, -0.25) is 0 Å². The largest absolute Gasteiger partial charge is 0.0955 e. The Morgan fingerprint density at radius 2 is 2.09 bits per heavy atom. The molecule has 0 N–H and O–H groups in total. The van der Waals surface area contributed by atoms with Gasteiger partial charge in [-0.2, -0.15) is 0 Å². The topological polar surface area (TPSA) is 0 Å². The molecule has 0 spiro atoms. The van der Waals surface area contributed by atoms with Crippen LogP contribution in [0.25, 0.3) is 5.57 Å². The van der Waals surface area contributed by atoms with Crippen molar-refractivity contribution in [2.45, 2.75) is 13.8 Å². The first kappa shape index (κ1) is 8.35. The minimum atomic E-state index is 0.815. The van der Waals surface area contributed by atoms with E-state index in [0.29, 0.717) is 0 Å². The molecule has 58 valence electrons. The second-order valence-corrected chi connectivity index (χ2v) is 3.15. The number of halogens is 1. The second kappa shape index (κ2) is 3.10. The molecule has 0 bridgehead atoms. The van der Waals surface area contributed by atoms with Crippen molar-refractivity contribution in [3.63, 3.8) is 0 Å². The molecule has 0 aliphatic heterocycles. The Morgan fingerprint density at radius 3 is 2.55 bits per heavy atom. The average molecular weight is 167 g/mol. The van der Waals surface area contributed by atoms with Crippen LogP contribution in [-0.4, -0.2) is 0 Å². The van der Waals surface area contributed by atoms with Gasteiger partial charge in [0.15, 0.2) is 0 Å². The maximum Gasteiger partial charge on any atom is 0.0435 e. The first-order valence-corrected chi connectivity index (χ1v) is 3.91. The molecule has 0 nitrogen and oxygen atoms in total. The van der Waals surface area contributed by atoms with E-state index in [1.807, 2.05) is 32.0 Å². The molecule has 1 heteroatoms. The summed E-state index contributed by atoms with van der Waals surface area (Å²) in [5, 5.41) is 0.815. The fourth-order valence-corrected chi connectivity index (χ4v) is 1.03. The van der Waals surface area contributed by atoms with Gasteiger partial charge in [-0.25, -0.2) is 0 Å². The molecule has 0 saturated heterocycles. The van der Waals surface area contributed by atoms with Gasteiger partial charge in [-0.15, -0.1) is 0 Å². The number of rotatable bonds is 1. The van der Waals surface area contributed by atoms with E-state index in [9.17, 15) is 0 Å². The van der Waals surface area contributed by atoms with Gasteiger partial charge in [0, 0.05) is 5.02 Å². The van der Waals surface area contributed by atoms with Crippen LogP contribution in [0.2, 0.25) is 5.02 Å². The summed E-state index contributed by atoms with van der Waals surface area (Å²) in [6.07, 6.45) is 0. The number of aryl methyl sites for hydroxylation is 1. The van der Waals surface area contributed by atoms with Crippen molar-refractivity contribution in [3.05, 3.63) is 40.9 Å². The van der Waals surface area contributed by atoms with Crippen LogP contribution < -0.4 is 0 Å². The molecule has 0 amide bonds. The first-order chi connectivity index (χ1) is 5.11. The molecule has 11 heavy (non-hydrogen) atoms. The predicted octanol–water partition coefficient (Wildman–Crippen LogP) is 3.68. The van der Waals surface area contributed by atoms with Crippen LogP contribution >= 0.6 is 11.6 Å². The fourth-order valence-electron chi connectivity index (χ4n) is 0.910. The van der Waals surface area contributed by atoms with Crippen molar-refractivity contribution in [1.29, 1.82) is 0 Å². The van der Waals surface area contributed by atoms with Crippen LogP contribution in [-0.2, 0) is 0 Å². The van der Waals surface area contributed by atoms with E-state index >= 15 is 0 Å². The van der Waals surface area contributed by atoms with Crippen LogP contribution in [0, 0.1) is 6.92 Å². The molecule has 1 rings (SSSR count). The number of hydrogen-bond donors (Lipinski definition) is 0. The molecule has 1 aromatic rings. The summed E-state index contributed by atoms with van der Waals surface area (Å²) in [5.41, 5.74) is 3.34. The normalized spacial score (nSPS) is 9.73. The highest BCUT2D eigenvalue weighted by molar-refractivity contribution is 6.31. The number of benzene rings is 1. The Labute approximate surface area is 72.5 Å². The predicted molar refractivity (Wildman–Crippen MR) is 50.9 cm³/mol. The van der Waals surface area contributed by atoms with Crippen LogP contribution in [0.15, 0.2) is 24.8 Å². The van der Waals surface area contributed by atoms with Gasteiger partial charge >= 0.3 is 0 Å². The molecule has 0 radical (unpaired) electrons. The molecule has 1 aromatic carbocycles. The second-order valence-electron chi connectivity index (χ2n) is 2.74. The van der Waals surface area contributed by atoms with Crippen LogP contribution in [0.5, 0.6) is 0 Å². The summed E-state index contributed by atoms with van der Waals surface area (Å²) in [4.78, 5) is 0. The molecular formula is C10H11Cl. The van der Waals surface area contributed by atoms with Gasteiger partial charge in [0.25, 0.3) is 0 Å². The van der Waals surface area contributed by atoms with Gasteiger partial charge in [0.1, 0.15) is 0 Å². The lowest BCUT2D eigenvalue weighted by Gasteiger charge is -2.02. The Kier molecular flexibility index (Phi) is 2.35. The third-order valence-corrected chi connectivity index (χ3v) is 2.07. The minimum Gasteiger partial charge on any atom is -0.0955 e. The van der Waals surface area contributed by atoms with Gasteiger partial charge in [-0.05, 0) is 31.0 Å². The van der Waals surface area contributed by atoms with Gasteiger partial charge in [-0.1, -0.05) is 35.9 Å². The molecular weight excluding hydrogens is 156 g/mol. The molecule has 0 aromatic heterocycles. The van der Waals surface area contributed by atoms with Crippen LogP contribution in [0.3, 0.4) is 0 Å². The van der Waals surface area contributed by atoms with E-state index in [-0.39, 0.29) is 0 Å². The molecule has 0 fully saturated rings. The number of hydrogen-bond acceptors (Lipinski definition) is 0. The first-order valence-electron chi connectivity index (χ1n) is 3.53. The summed E-state index contributed by atoms with van der Waals surface area (Å²) < 4.78 is 0. The molecule has 0 atom stereocenters. The summed E-state index contributed by atoms with van der Waals surface area (Å²) in [6, 6.07) is 5.93. The van der Waals surface area contributed by atoms with Crippen molar-refractivity contribution >= 4 is 17.2 Å². The van der Waals surface area contributed by atoms with Gasteiger partial charge < -0.3 is 0 Å². The molecule has 0 saturated carbocycles. The van der Waals surface area contributed by atoms with Gasteiger partial charge in [0.2, 0.25) is 0 Å². The summed E-state index contributed by atoms with van der Waals surface area (Å²) in [6.45, 7) is 7.84. The molecule has 0 aliphatic rings. The SMILES string of the molecule is C=C(C)c1ccc(Cl)c(C)c1. The maximum atomic E-state index is 5.86. The Bertz CT molecular complexity index is 287. The van der Waals surface area contributed by atoms with Crippen molar-refractivity contribution in [2.24, 2.45) is 0 Å². The third kappa shape index (κ3) is 1.84. The van der Waals surface area contributed by atoms with Gasteiger partial charge in [0.05, 0.1) is 0 Å². The maximum absolute atomic E-state index is 5.86. The quantitative estimate of drug-likeness (QED) is 0.597. The zero-order valence-corrected chi connectivity index (χ0v) is 7.57. The van der Waals surface area contributed by atoms with Crippen molar-refractivity contribution in [1.82, 2.24) is 0 Å². The molecule has 0 heterocycles. The van der Waals surface area contributed by atoms with E-state index in [4.69, 9.17) is 11.6 Å². The smallest absolute Gasteiger partial charge is 0.0435 e. The van der Waals surface area contributed by atoms with E-state index in [0.717, 1.165) is 21.7 Å². The highest BCUT2D eigenvalue weighted by atomic mass is 35.5. The Hall–Kier alpha value is -0.750. The highest BCUT2D eigenvalue weighted by Crippen LogP contribution is 2.19.